The van der Waals surface area contributed by atoms with Crippen molar-refractivity contribution in [1.82, 2.24) is 0 Å². The second kappa shape index (κ2) is 5.92. The van der Waals surface area contributed by atoms with E-state index in [1.165, 1.54) is 19.1 Å². The number of ether oxygens (including phenoxy) is 2. The maximum Gasteiger partial charge on any atom is 0.337 e. The van der Waals surface area contributed by atoms with Crippen LogP contribution in [0.3, 0.4) is 0 Å². The average molecular weight is 279 g/mol. The minimum atomic E-state index is -0.473. The van der Waals surface area contributed by atoms with Crippen molar-refractivity contribution in [3.8, 4) is 5.75 Å². The van der Waals surface area contributed by atoms with Gasteiger partial charge in [-0.2, -0.15) is 0 Å². The second-order valence-corrected chi connectivity index (χ2v) is 4.64. The lowest BCUT2D eigenvalue weighted by Crippen LogP contribution is -2.25. The first kappa shape index (κ1) is 14.3. The molecule has 1 aromatic rings. The molecule has 1 unspecified atom stereocenters. The third-order valence-corrected chi connectivity index (χ3v) is 3.35. The number of hydrogen-bond donors (Lipinski definition) is 1. The number of aliphatic hydroxyl groups excluding tert-OH is 1. The molecule has 0 bridgehead atoms. The number of rotatable bonds is 4. The molecule has 6 nitrogen and oxygen atoms in total. The zero-order chi connectivity index (χ0) is 14.7. The number of aliphatic hydroxyl groups is 1. The van der Waals surface area contributed by atoms with Crippen LogP contribution in [-0.2, 0) is 9.53 Å². The molecule has 2 rings (SSSR count). The van der Waals surface area contributed by atoms with Gasteiger partial charge in [0.25, 0.3) is 0 Å². The van der Waals surface area contributed by atoms with E-state index in [-0.39, 0.29) is 18.4 Å². The van der Waals surface area contributed by atoms with E-state index in [0.29, 0.717) is 30.0 Å². The van der Waals surface area contributed by atoms with Gasteiger partial charge < -0.3 is 19.5 Å². The maximum atomic E-state index is 12.0. The molecule has 1 aliphatic rings. The number of anilines is 1. The highest BCUT2D eigenvalue weighted by molar-refractivity contribution is 5.99. The number of nitrogens with zero attached hydrogens (tertiary/aromatic N) is 1. The molecule has 108 valence electrons. The van der Waals surface area contributed by atoms with Gasteiger partial charge in [-0.1, -0.05) is 0 Å². The van der Waals surface area contributed by atoms with E-state index in [1.54, 1.807) is 18.2 Å². The van der Waals surface area contributed by atoms with Crippen molar-refractivity contribution in [3.63, 3.8) is 0 Å². The third kappa shape index (κ3) is 2.60. The van der Waals surface area contributed by atoms with Gasteiger partial charge in [0.05, 0.1) is 25.5 Å². The number of methoxy groups -OCH3 is 2. The van der Waals surface area contributed by atoms with Crippen molar-refractivity contribution in [2.75, 3.05) is 32.3 Å². The summed E-state index contributed by atoms with van der Waals surface area (Å²) in [4.78, 5) is 25.1. The van der Waals surface area contributed by atoms with Crippen molar-refractivity contribution in [3.05, 3.63) is 23.8 Å². The number of benzene rings is 1. The molecule has 1 amide bonds. The number of carbonyl (C=O) groups is 2. The predicted molar refractivity (Wildman–Crippen MR) is 71.9 cm³/mol. The van der Waals surface area contributed by atoms with Gasteiger partial charge in [0.1, 0.15) is 5.75 Å². The van der Waals surface area contributed by atoms with E-state index < -0.39 is 5.97 Å². The third-order valence-electron chi connectivity index (χ3n) is 3.35. The fourth-order valence-electron chi connectivity index (χ4n) is 2.28. The first-order chi connectivity index (χ1) is 9.60. The smallest absolute Gasteiger partial charge is 0.337 e. The normalized spacial score (nSPS) is 18.2. The quantitative estimate of drug-likeness (QED) is 0.826. The molecule has 1 saturated heterocycles. The van der Waals surface area contributed by atoms with Crippen molar-refractivity contribution < 1.29 is 24.2 Å². The van der Waals surface area contributed by atoms with E-state index >= 15 is 0 Å². The molecular formula is C14H17NO5. The van der Waals surface area contributed by atoms with Gasteiger partial charge in [-0.15, -0.1) is 0 Å². The van der Waals surface area contributed by atoms with Gasteiger partial charge in [0, 0.05) is 25.5 Å². The van der Waals surface area contributed by atoms with Crippen LogP contribution in [0.4, 0.5) is 5.69 Å². The minimum absolute atomic E-state index is 0.0404. The van der Waals surface area contributed by atoms with Crippen LogP contribution in [0.15, 0.2) is 18.2 Å². The predicted octanol–water partition coefficient (Wildman–Crippen LogP) is 0.827. The van der Waals surface area contributed by atoms with Crippen molar-refractivity contribution in [2.24, 2.45) is 5.92 Å². The molecule has 1 aliphatic heterocycles. The summed E-state index contributed by atoms with van der Waals surface area (Å²) in [6.45, 7) is 0.373. The number of esters is 1. The Morgan fingerprint density at radius 3 is 2.75 bits per heavy atom. The van der Waals surface area contributed by atoms with Crippen LogP contribution in [0.5, 0.6) is 5.75 Å². The minimum Gasteiger partial charge on any atom is -0.495 e. The first-order valence-electron chi connectivity index (χ1n) is 6.28. The van der Waals surface area contributed by atoms with E-state index in [2.05, 4.69) is 4.74 Å². The zero-order valence-electron chi connectivity index (χ0n) is 11.5. The largest absolute Gasteiger partial charge is 0.495 e. The summed E-state index contributed by atoms with van der Waals surface area (Å²) in [6.07, 6.45) is 0.294. The first-order valence-corrected chi connectivity index (χ1v) is 6.28. The van der Waals surface area contributed by atoms with Crippen LogP contribution < -0.4 is 9.64 Å². The average Bonchev–Trinajstić information content (AvgIpc) is 2.86. The highest BCUT2D eigenvalue weighted by Crippen LogP contribution is 2.34. The topological polar surface area (TPSA) is 76.1 Å². The summed E-state index contributed by atoms with van der Waals surface area (Å²) in [5, 5.41) is 9.17. The van der Waals surface area contributed by atoms with Crippen molar-refractivity contribution in [2.45, 2.75) is 6.42 Å². The van der Waals surface area contributed by atoms with Gasteiger partial charge >= 0.3 is 5.97 Å². The van der Waals surface area contributed by atoms with E-state index in [9.17, 15) is 14.7 Å². The van der Waals surface area contributed by atoms with Gasteiger partial charge in [0.2, 0.25) is 5.91 Å². The molecule has 0 aromatic heterocycles. The van der Waals surface area contributed by atoms with Gasteiger partial charge in [0.15, 0.2) is 0 Å². The van der Waals surface area contributed by atoms with E-state index in [1.807, 2.05) is 0 Å². The maximum absolute atomic E-state index is 12.0. The molecule has 1 N–H and O–H groups in total. The molecule has 1 atom stereocenters. The number of carbonyl (C=O) groups excluding carboxylic acids is 2. The monoisotopic (exact) mass is 279 g/mol. The standard InChI is InChI=1S/C14H17NO5/c1-19-12-4-3-10(14(18)20-2)6-11(12)15-7-9(8-16)5-13(15)17/h3-4,6,9,16H,5,7-8H2,1-2H3. The van der Waals surface area contributed by atoms with Crippen LogP contribution in [0.1, 0.15) is 16.8 Å². The number of amides is 1. The van der Waals surface area contributed by atoms with Crippen LogP contribution >= 0.6 is 0 Å². The molecule has 1 fully saturated rings. The second-order valence-electron chi connectivity index (χ2n) is 4.64. The van der Waals surface area contributed by atoms with Crippen molar-refractivity contribution >= 4 is 17.6 Å². The molecule has 20 heavy (non-hydrogen) atoms. The Morgan fingerprint density at radius 2 is 2.20 bits per heavy atom. The zero-order valence-corrected chi connectivity index (χ0v) is 11.5. The SMILES string of the molecule is COC(=O)c1ccc(OC)c(N2CC(CO)CC2=O)c1. The molecule has 0 spiro atoms. The van der Waals surface area contributed by atoms with Crippen molar-refractivity contribution in [1.29, 1.82) is 0 Å². The molecule has 1 heterocycles. The fraction of sp³-hybridized carbons (Fsp3) is 0.429. The van der Waals surface area contributed by atoms with Gasteiger partial charge in [-0.05, 0) is 18.2 Å². The molecule has 0 saturated carbocycles. The Balaban J connectivity index is 2.38. The Morgan fingerprint density at radius 1 is 1.45 bits per heavy atom. The lowest BCUT2D eigenvalue weighted by atomic mass is 10.1. The molecule has 0 radical (unpaired) electrons. The highest BCUT2D eigenvalue weighted by atomic mass is 16.5. The number of hydrogen-bond acceptors (Lipinski definition) is 5. The van der Waals surface area contributed by atoms with E-state index in [0.717, 1.165) is 0 Å². The summed E-state index contributed by atoms with van der Waals surface area (Å²) in [5.74, 6) is -0.151. The lowest BCUT2D eigenvalue weighted by molar-refractivity contribution is -0.117. The Hall–Kier alpha value is -2.08. The Kier molecular flexibility index (Phi) is 4.24. The summed E-state index contributed by atoms with van der Waals surface area (Å²) in [5.41, 5.74) is 0.875. The van der Waals surface area contributed by atoms with Crippen LogP contribution in [0.2, 0.25) is 0 Å². The molecule has 0 aliphatic carbocycles. The van der Waals surface area contributed by atoms with Crippen LogP contribution in [0.25, 0.3) is 0 Å². The molecule has 6 heteroatoms. The highest BCUT2D eigenvalue weighted by Gasteiger charge is 2.32. The van der Waals surface area contributed by atoms with E-state index in [4.69, 9.17) is 4.74 Å². The Labute approximate surface area is 116 Å². The summed E-state index contributed by atoms with van der Waals surface area (Å²) in [7, 11) is 2.80. The summed E-state index contributed by atoms with van der Waals surface area (Å²) in [6, 6.07) is 4.78. The fourth-order valence-corrected chi connectivity index (χ4v) is 2.28. The van der Waals surface area contributed by atoms with Gasteiger partial charge in [-0.25, -0.2) is 4.79 Å². The van der Waals surface area contributed by atoms with Crippen LogP contribution in [0, 0.1) is 5.92 Å². The van der Waals surface area contributed by atoms with Crippen LogP contribution in [-0.4, -0.2) is 44.4 Å². The van der Waals surface area contributed by atoms with Gasteiger partial charge in [-0.3, -0.25) is 4.79 Å². The lowest BCUT2D eigenvalue weighted by Gasteiger charge is -2.20. The molecular weight excluding hydrogens is 262 g/mol. The molecule has 1 aromatic carbocycles. The summed E-state index contributed by atoms with van der Waals surface area (Å²) >= 11 is 0. The summed E-state index contributed by atoms with van der Waals surface area (Å²) < 4.78 is 9.91. The Bertz CT molecular complexity index is 528.